The Bertz CT molecular complexity index is 957. The highest BCUT2D eigenvalue weighted by Crippen LogP contribution is 2.30. The largest absolute Gasteiger partial charge is 0.284 e. The molecule has 1 N–H and O–H groups in total. The van der Waals surface area contributed by atoms with Gasteiger partial charge in [-0.1, -0.05) is 47.1 Å². The van der Waals surface area contributed by atoms with Crippen LogP contribution in [0.4, 0.5) is 5.69 Å². The molecule has 0 bridgehead atoms. The number of halogens is 2. The minimum Gasteiger partial charge on any atom is -0.284 e. The first-order chi connectivity index (χ1) is 11.9. The van der Waals surface area contributed by atoms with Crippen molar-refractivity contribution < 1.29 is 8.42 Å². The van der Waals surface area contributed by atoms with E-state index in [1.807, 2.05) is 24.3 Å². The van der Waals surface area contributed by atoms with Crippen molar-refractivity contribution in [2.24, 2.45) is 0 Å². The molecule has 0 unspecified atom stereocenters. The third-order valence-electron chi connectivity index (χ3n) is 3.25. The number of thiazole rings is 1. The third-order valence-corrected chi connectivity index (χ3v) is 7.63. The first kappa shape index (κ1) is 18.8. The molecule has 4 nitrogen and oxygen atoms in total. The predicted octanol–water partition coefficient (Wildman–Crippen LogP) is 5.53. The van der Waals surface area contributed by atoms with Crippen molar-refractivity contribution in [3.05, 3.63) is 52.5 Å². The van der Waals surface area contributed by atoms with Crippen molar-refractivity contribution in [3.8, 4) is 0 Å². The number of hydrogen-bond acceptors (Lipinski definition) is 5. The molecule has 0 fully saturated rings. The van der Waals surface area contributed by atoms with Crippen LogP contribution >= 0.6 is 46.3 Å². The van der Waals surface area contributed by atoms with Gasteiger partial charge in [0.2, 0.25) is 10.0 Å². The summed E-state index contributed by atoms with van der Waals surface area (Å²) in [7, 11) is -3.43. The first-order valence-electron chi connectivity index (χ1n) is 7.37. The van der Waals surface area contributed by atoms with Crippen LogP contribution < -0.4 is 4.72 Å². The molecule has 132 valence electrons. The van der Waals surface area contributed by atoms with Gasteiger partial charge in [0.05, 0.1) is 31.7 Å². The van der Waals surface area contributed by atoms with Gasteiger partial charge in [-0.2, -0.15) is 0 Å². The smallest absolute Gasteiger partial charge is 0.232 e. The lowest BCUT2D eigenvalue weighted by molar-refractivity contribution is 0.600. The number of rotatable bonds is 7. The monoisotopic (exact) mass is 432 g/mol. The van der Waals surface area contributed by atoms with E-state index in [1.54, 1.807) is 35.2 Å². The lowest BCUT2D eigenvalue weighted by Crippen LogP contribution is -2.17. The van der Waals surface area contributed by atoms with Crippen LogP contribution in [-0.4, -0.2) is 24.9 Å². The van der Waals surface area contributed by atoms with Gasteiger partial charge in [0.15, 0.2) is 4.34 Å². The van der Waals surface area contributed by atoms with Gasteiger partial charge in [-0.15, -0.1) is 11.3 Å². The van der Waals surface area contributed by atoms with Crippen LogP contribution in [0.2, 0.25) is 10.0 Å². The van der Waals surface area contributed by atoms with Gasteiger partial charge in [-0.25, -0.2) is 13.4 Å². The molecule has 0 saturated carbocycles. The fourth-order valence-electron chi connectivity index (χ4n) is 2.11. The second-order valence-electron chi connectivity index (χ2n) is 5.20. The Morgan fingerprint density at radius 2 is 1.92 bits per heavy atom. The molecule has 0 saturated heterocycles. The number of para-hydroxylation sites is 1. The van der Waals surface area contributed by atoms with Crippen molar-refractivity contribution in [1.82, 2.24) is 4.98 Å². The standard InChI is InChI=1S/C16H14Cl2N2O2S3/c17-12-7-6-11(10-13(12)18)20-25(21,22)9-3-8-23-16-19-14-4-1-2-5-15(14)24-16/h1-2,4-7,10,20H,3,8-9H2. The SMILES string of the molecule is O=S(=O)(CCCSc1nc2ccccc2s1)Nc1ccc(Cl)c(Cl)c1. The average Bonchev–Trinajstić information content (AvgIpc) is 2.98. The van der Waals surface area contributed by atoms with E-state index in [2.05, 4.69) is 9.71 Å². The molecule has 3 aromatic rings. The number of nitrogens with zero attached hydrogens (tertiary/aromatic N) is 1. The summed E-state index contributed by atoms with van der Waals surface area (Å²) in [5.41, 5.74) is 1.39. The number of thioether (sulfide) groups is 1. The summed E-state index contributed by atoms with van der Waals surface area (Å²) in [6.07, 6.45) is 0.525. The van der Waals surface area contributed by atoms with Gasteiger partial charge in [0.1, 0.15) is 0 Å². The van der Waals surface area contributed by atoms with Crippen molar-refractivity contribution >= 4 is 72.2 Å². The number of anilines is 1. The van der Waals surface area contributed by atoms with E-state index in [-0.39, 0.29) is 5.75 Å². The first-order valence-corrected chi connectivity index (χ1v) is 11.6. The molecule has 0 amide bonds. The number of sulfonamides is 1. The lowest BCUT2D eigenvalue weighted by atomic mass is 10.3. The lowest BCUT2D eigenvalue weighted by Gasteiger charge is -2.08. The van der Waals surface area contributed by atoms with Crippen LogP contribution in [0.5, 0.6) is 0 Å². The highest BCUT2D eigenvalue weighted by Gasteiger charge is 2.12. The summed E-state index contributed by atoms with van der Waals surface area (Å²) in [4.78, 5) is 4.52. The molecule has 2 aromatic carbocycles. The zero-order chi connectivity index (χ0) is 17.9. The zero-order valence-electron chi connectivity index (χ0n) is 12.9. The summed E-state index contributed by atoms with van der Waals surface area (Å²) >= 11 is 14.9. The van der Waals surface area contributed by atoms with Crippen LogP contribution in [0, 0.1) is 0 Å². The molecule has 0 spiro atoms. The van der Waals surface area contributed by atoms with Gasteiger partial charge < -0.3 is 0 Å². The maximum atomic E-state index is 12.1. The minimum atomic E-state index is -3.43. The second kappa shape index (κ2) is 8.14. The van der Waals surface area contributed by atoms with E-state index >= 15 is 0 Å². The summed E-state index contributed by atoms with van der Waals surface area (Å²) < 4.78 is 28.9. The summed E-state index contributed by atoms with van der Waals surface area (Å²) in [6, 6.07) is 12.6. The zero-order valence-corrected chi connectivity index (χ0v) is 16.9. The Balaban J connectivity index is 1.51. The van der Waals surface area contributed by atoms with Gasteiger partial charge in [0.25, 0.3) is 0 Å². The molecule has 1 aromatic heterocycles. The number of aromatic nitrogens is 1. The highest BCUT2D eigenvalue weighted by atomic mass is 35.5. The van der Waals surface area contributed by atoms with Crippen LogP contribution in [0.25, 0.3) is 10.2 Å². The van der Waals surface area contributed by atoms with Crippen LogP contribution in [0.15, 0.2) is 46.8 Å². The molecule has 9 heteroatoms. The molecule has 0 aliphatic heterocycles. The van der Waals surface area contributed by atoms with E-state index in [0.29, 0.717) is 27.9 Å². The fraction of sp³-hybridized carbons (Fsp3) is 0.188. The van der Waals surface area contributed by atoms with Crippen molar-refractivity contribution in [1.29, 1.82) is 0 Å². The highest BCUT2D eigenvalue weighted by molar-refractivity contribution is 8.01. The van der Waals surface area contributed by atoms with Gasteiger partial charge in [0, 0.05) is 5.75 Å². The maximum Gasteiger partial charge on any atom is 0.232 e. The molecular formula is C16H14Cl2N2O2S3. The van der Waals surface area contributed by atoms with E-state index in [0.717, 1.165) is 14.6 Å². The molecule has 0 atom stereocenters. The number of nitrogens with one attached hydrogen (secondary N) is 1. The molecule has 0 aliphatic carbocycles. The summed E-state index contributed by atoms with van der Waals surface area (Å²) in [5, 5.41) is 0.699. The summed E-state index contributed by atoms with van der Waals surface area (Å²) in [6.45, 7) is 0. The normalized spacial score (nSPS) is 11.8. The van der Waals surface area contributed by atoms with Crippen molar-refractivity contribution in [2.45, 2.75) is 10.8 Å². The van der Waals surface area contributed by atoms with E-state index in [4.69, 9.17) is 23.2 Å². The van der Waals surface area contributed by atoms with Crippen molar-refractivity contribution in [3.63, 3.8) is 0 Å². The molecular weight excluding hydrogens is 419 g/mol. The van der Waals surface area contributed by atoms with Gasteiger partial charge in [-0.05, 0) is 36.8 Å². The predicted molar refractivity (Wildman–Crippen MR) is 109 cm³/mol. The number of hydrogen-bond donors (Lipinski definition) is 1. The molecule has 1 heterocycles. The summed E-state index contributed by atoms with van der Waals surface area (Å²) in [5.74, 6) is 0.716. The molecule has 3 rings (SSSR count). The van der Waals surface area contributed by atoms with Crippen LogP contribution in [0.3, 0.4) is 0 Å². The van der Waals surface area contributed by atoms with Crippen LogP contribution in [0.1, 0.15) is 6.42 Å². The molecule has 0 aliphatic rings. The van der Waals surface area contributed by atoms with Gasteiger partial charge in [-0.3, -0.25) is 4.72 Å². The fourth-order valence-corrected chi connectivity index (χ4v) is 5.78. The number of benzene rings is 2. The Morgan fingerprint density at radius 3 is 2.68 bits per heavy atom. The van der Waals surface area contributed by atoms with Crippen molar-refractivity contribution in [2.75, 3.05) is 16.2 Å². The van der Waals surface area contributed by atoms with Gasteiger partial charge >= 0.3 is 0 Å². The average molecular weight is 433 g/mol. The molecule has 25 heavy (non-hydrogen) atoms. The Kier molecular flexibility index (Phi) is 6.12. The molecule has 0 radical (unpaired) electrons. The van der Waals surface area contributed by atoms with E-state index < -0.39 is 10.0 Å². The quantitative estimate of drug-likeness (QED) is 0.393. The number of fused-ring (bicyclic) bond motifs is 1. The third kappa shape index (κ3) is 5.24. The van der Waals surface area contributed by atoms with Crippen LogP contribution in [-0.2, 0) is 10.0 Å². The Morgan fingerprint density at radius 1 is 1.12 bits per heavy atom. The minimum absolute atomic E-state index is 0.0329. The maximum absolute atomic E-state index is 12.1. The topological polar surface area (TPSA) is 59.1 Å². The van der Waals surface area contributed by atoms with E-state index in [1.165, 1.54) is 6.07 Å². The second-order valence-corrected chi connectivity index (χ2v) is 10.2. The van der Waals surface area contributed by atoms with E-state index in [9.17, 15) is 8.42 Å². The Hall–Kier alpha value is -0.990. The Labute approximate surface area is 164 Å².